The minimum absolute atomic E-state index is 0.0496. The molecule has 6 heteroatoms. The van der Waals surface area contributed by atoms with Gasteiger partial charge in [0.15, 0.2) is 11.6 Å². The highest BCUT2D eigenvalue weighted by Crippen LogP contribution is 2.67. The molecule has 0 radical (unpaired) electrons. The van der Waals surface area contributed by atoms with Crippen LogP contribution in [0.2, 0.25) is 0 Å². The molecule has 1 unspecified atom stereocenters. The van der Waals surface area contributed by atoms with Crippen molar-refractivity contribution in [3.8, 4) is 0 Å². The van der Waals surface area contributed by atoms with E-state index in [0.717, 1.165) is 0 Å². The monoisotopic (exact) mass is 382 g/mol. The Hall–Kier alpha value is -1.08. The van der Waals surface area contributed by atoms with Crippen LogP contribution < -0.4 is 0 Å². The highest BCUT2D eigenvalue weighted by molar-refractivity contribution is 5.92. The number of hydrogen-bond donors (Lipinski definition) is 4. The molecule has 0 aromatic rings. The number of carbonyl (C=O) groups excluding carboxylic acids is 2. The summed E-state index contributed by atoms with van der Waals surface area (Å²) < 4.78 is 36.1. The first-order valence-corrected chi connectivity index (χ1v) is 9.60. The zero-order valence-electron chi connectivity index (χ0n) is 19.7. The normalized spacial score (nSPS) is 61.3. The van der Waals surface area contributed by atoms with Crippen molar-refractivity contribution in [2.24, 2.45) is 28.6 Å². The van der Waals surface area contributed by atoms with Gasteiger partial charge in [-0.25, -0.2) is 0 Å². The van der Waals surface area contributed by atoms with Crippen LogP contribution in [0.3, 0.4) is 0 Å². The molecular weight excluding hydrogens is 348 g/mol. The molecule has 0 heterocycles. The Morgan fingerprint density at radius 2 is 2.07 bits per heavy atom. The van der Waals surface area contributed by atoms with Gasteiger partial charge >= 0.3 is 0 Å². The number of hydrogen-bond acceptors (Lipinski definition) is 6. The van der Waals surface area contributed by atoms with E-state index in [4.69, 9.17) is 4.11 Å². The summed E-state index contributed by atoms with van der Waals surface area (Å²) in [5.41, 5.74) is -5.40. The summed E-state index contributed by atoms with van der Waals surface area (Å²) in [7, 11) is 0. The fourth-order valence-electron chi connectivity index (χ4n) is 6.27. The van der Waals surface area contributed by atoms with Crippen molar-refractivity contribution in [1.29, 1.82) is 0 Å². The van der Waals surface area contributed by atoms with Gasteiger partial charge < -0.3 is 20.4 Å². The van der Waals surface area contributed by atoms with E-state index >= 15 is 0 Å². The Morgan fingerprint density at radius 1 is 1.37 bits per heavy atom. The number of fused-ring (bicyclic) bond motifs is 5. The van der Waals surface area contributed by atoms with Crippen molar-refractivity contribution in [3.05, 3.63) is 11.6 Å². The van der Waals surface area contributed by atoms with Crippen molar-refractivity contribution < 1.29 is 35.5 Å². The molecule has 0 bridgehead atoms. The molecule has 4 N–H and O–H groups in total. The van der Waals surface area contributed by atoms with E-state index in [1.54, 1.807) is 6.92 Å². The minimum Gasteiger partial charge on any atom is -0.393 e. The molecule has 4 rings (SSSR count). The summed E-state index contributed by atoms with van der Waals surface area (Å²) in [4.78, 5) is 24.6. The third-order valence-electron chi connectivity index (χ3n) is 7.77. The summed E-state index contributed by atoms with van der Waals surface area (Å²) >= 11 is 0. The average Bonchev–Trinajstić information content (AvgIpc) is 2.98. The number of Topliss-reactive ketones (excluding diaryl/α,β-unsaturated/α-hetero) is 1. The van der Waals surface area contributed by atoms with E-state index < -0.39 is 65.1 Å². The molecule has 0 amide bonds. The fourth-order valence-corrected chi connectivity index (χ4v) is 6.27. The summed E-state index contributed by atoms with van der Waals surface area (Å²) in [6.07, 6.45) is -5.87. The predicted octanol–water partition coefficient (Wildman–Crippen LogP) is 0.752. The third-order valence-corrected chi connectivity index (χ3v) is 7.77. The summed E-state index contributed by atoms with van der Waals surface area (Å²) in [6, 6.07) is 0. The van der Waals surface area contributed by atoms with Gasteiger partial charge in [-0.15, -0.1) is 0 Å². The fraction of sp³-hybridized carbons (Fsp3) is 0.810. The highest BCUT2D eigenvalue weighted by atomic mass is 16.3. The Morgan fingerprint density at radius 3 is 2.74 bits per heavy atom. The van der Waals surface area contributed by atoms with Crippen LogP contribution in [-0.2, 0) is 9.59 Å². The second kappa shape index (κ2) is 5.96. The Balaban J connectivity index is 2.00. The Kier molecular flexibility index (Phi) is 3.28. The molecular formula is C21H30O6. The van der Waals surface area contributed by atoms with Gasteiger partial charge in [0.2, 0.25) is 0 Å². The second-order valence-corrected chi connectivity index (χ2v) is 8.93. The lowest BCUT2D eigenvalue weighted by atomic mass is 9.45. The van der Waals surface area contributed by atoms with Gasteiger partial charge in [0.1, 0.15) is 12.2 Å². The van der Waals surface area contributed by atoms with Crippen molar-refractivity contribution >= 4 is 11.6 Å². The molecule has 4 aliphatic rings. The van der Waals surface area contributed by atoms with E-state index in [1.165, 1.54) is 13.0 Å². The van der Waals surface area contributed by atoms with Crippen LogP contribution in [0.4, 0.5) is 0 Å². The Bertz CT molecular complexity index is 889. The molecule has 0 aromatic carbocycles. The van der Waals surface area contributed by atoms with Crippen molar-refractivity contribution in [2.75, 3.05) is 6.61 Å². The van der Waals surface area contributed by atoms with Gasteiger partial charge in [-0.05, 0) is 66.9 Å². The van der Waals surface area contributed by atoms with Gasteiger partial charge in [0.25, 0.3) is 0 Å². The van der Waals surface area contributed by atoms with Gasteiger partial charge in [-0.1, -0.05) is 13.8 Å². The maximum absolute atomic E-state index is 12.6. The SMILES string of the molecule is [2H]C1(O)C([2H])([2H])[C@@]2(C)[C@@H](CC[C@]2(O)C(=O)CO)[C@@H]2C[C@H](O)C3=CC(=O)CC[C@]3(C)[C@]21[2H]. The molecule has 0 aliphatic heterocycles. The third kappa shape index (κ3) is 2.33. The van der Waals surface area contributed by atoms with Crippen LogP contribution in [0.15, 0.2) is 11.6 Å². The lowest BCUT2D eigenvalue weighted by Crippen LogP contribution is -2.63. The summed E-state index contributed by atoms with van der Waals surface area (Å²) in [5.74, 6) is -5.09. The maximum Gasteiger partial charge on any atom is 0.190 e. The van der Waals surface area contributed by atoms with Gasteiger partial charge in [-0.3, -0.25) is 9.59 Å². The zero-order valence-corrected chi connectivity index (χ0v) is 15.7. The molecule has 0 aromatic heterocycles. The molecule has 27 heavy (non-hydrogen) atoms. The van der Waals surface area contributed by atoms with E-state index in [1.807, 2.05) is 0 Å². The molecule has 0 spiro atoms. The molecule has 8 atom stereocenters. The summed E-state index contributed by atoms with van der Waals surface area (Å²) in [5, 5.41) is 43.2. The van der Waals surface area contributed by atoms with Crippen LogP contribution in [0, 0.1) is 28.6 Å². The quantitative estimate of drug-likeness (QED) is 0.560. The smallest absolute Gasteiger partial charge is 0.190 e. The molecule has 0 saturated heterocycles. The van der Waals surface area contributed by atoms with Crippen LogP contribution in [0.25, 0.3) is 0 Å². The van der Waals surface area contributed by atoms with Crippen LogP contribution >= 0.6 is 0 Å². The number of rotatable bonds is 2. The Labute approximate surface area is 164 Å². The van der Waals surface area contributed by atoms with E-state index in [0.29, 0.717) is 0 Å². The number of carbonyl (C=O) groups is 2. The van der Waals surface area contributed by atoms with E-state index in [-0.39, 0.29) is 43.5 Å². The number of ketones is 2. The van der Waals surface area contributed by atoms with Gasteiger partial charge in [0, 0.05) is 15.9 Å². The van der Waals surface area contributed by atoms with E-state index in [9.17, 15) is 31.4 Å². The number of aliphatic hydroxyl groups is 4. The van der Waals surface area contributed by atoms with Gasteiger partial charge in [-0.2, -0.15) is 0 Å². The molecule has 6 nitrogen and oxygen atoms in total. The molecule has 4 aliphatic carbocycles. The van der Waals surface area contributed by atoms with E-state index in [2.05, 4.69) is 0 Å². The molecule has 3 saturated carbocycles. The standard InChI is InChI=1S/C21H30O6/c1-19-5-3-11(23)7-14(19)15(24)8-12-13-4-6-21(27,17(26)10-22)20(13,2)9-16(25)18(12)19/h7,12-13,15-16,18,22,24-25,27H,3-6,8-10H2,1-2H3/t12-,13-,15-,16?,18+,19-,20-,21-/m0/s1/i9D2,16D,18D. The van der Waals surface area contributed by atoms with Crippen molar-refractivity contribution in [2.45, 2.75) is 70.1 Å². The molecule has 150 valence electrons. The van der Waals surface area contributed by atoms with Crippen LogP contribution in [-0.4, -0.2) is 56.4 Å². The first kappa shape index (κ1) is 14.9. The highest BCUT2D eigenvalue weighted by Gasteiger charge is 2.68. The number of aliphatic hydroxyl groups excluding tert-OH is 2. The lowest BCUT2D eigenvalue weighted by molar-refractivity contribution is -0.187. The second-order valence-electron chi connectivity index (χ2n) is 8.93. The summed E-state index contributed by atoms with van der Waals surface area (Å²) in [6.45, 7) is 1.88. The van der Waals surface area contributed by atoms with Crippen molar-refractivity contribution in [1.82, 2.24) is 0 Å². The van der Waals surface area contributed by atoms with Gasteiger partial charge in [0.05, 0.1) is 13.6 Å². The van der Waals surface area contributed by atoms with Crippen LogP contribution in [0.5, 0.6) is 0 Å². The first-order chi connectivity index (χ1) is 14.1. The minimum atomic E-state index is -3.08. The van der Waals surface area contributed by atoms with Crippen molar-refractivity contribution in [3.63, 3.8) is 0 Å². The predicted molar refractivity (Wildman–Crippen MR) is 96.5 cm³/mol. The largest absolute Gasteiger partial charge is 0.393 e. The maximum atomic E-state index is 12.6. The van der Waals surface area contributed by atoms with Crippen LogP contribution in [0.1, 0.15) is 57.8 Å². The zero-order chi connectivity index (χ0) is 23.4. The molecule has 3 fully saturated rings. The first-order valence-electron chi connectivity index (χ1n) is 11.6. The topological polar surface area (TPSA) is 115 Å². The average molecular weight is 382 g/mol. The lowest BCUT2D eigenvalue weighted by Gasteiger charge is -2.61.